The lowest BCUT2D eigenvalue weighted by Crippen LogP contribution is -2.37. The number of nitrogens with one attached hydrogen (secondary N) is 1. The summed E-state index contributed by atoms with van der Waals surface area (Å²) in [6, 6.07) is 7.14. The van der Waals surface area contributed by atoms with Crippen LogP contribution in [0.1, 0.15) is 40.3 Å². The SMILES string of the molecule is CC(C)OC(=O)[C@@H](C)N[P@](=O)(OC[C@]1(F)C[C@H](C)[C@H](n2cnc3c(N(C)C)nc(N)nc32)O1)Oc1ccccc1. The lowest BCUT2D eigenvalue weighted by atomic mass is 10.1. The number of hydrogen-bond donors (Lipinski definition) is 2. The van der Waals surface area contributed by atoms with Gasteiger partial charge >= 0.3 is 13.7 Å². The van der Waals surface area contributed by atoms with Gasteiger partial charge in [0.25, 0.3) is 0 Å². The highest BCUT2D eigenvalue weighted by Crippen LogP contribution is 2.49. The number of carbonyl (C=O) groups excluding carboxylic acids is 1. The molecule has 0 unspecified atom stereocenters. The van der Waals surface area contributed by atoms with Crippen molar-refractivity contribution in [3.63, 3.8) is 0 Å². The number of alkyl halides is 1. The average molecular weight is 580 g/mol. The number of carbonyl (C=O) groups is 1. The van der Waals surface area contributed by atoms with Crippen molar-refractivity contribution in [1.29, 1.82) is 0 Å². The Morgan fingerprint density at radius 1 is 1.30 bits per heavy atom. The third kappa shape index (κ3) is 6.69. The molecular formula is C25H35FN7O6P. The molecule has 0 bridgehead atoms. The predicted octanol–water partition coefficient (Wildman–Crippen LogP) is 3.83. The summed E-state index contributed by atoms with van der Waals surface area (Å²) in [6.45, 7) is 5.88. The molecule has 0 radical (unpaired) electrons. The largest absolute Gasteiger partial charge is 0.462 e. The van der Waals surface area contributed by atoms with E-state index in [9.17, 15) is 9.36 Å². The van der Waals surface area contributed by atoms with Crippen molar-refractivity contribution in [3.8, 4) is 5.75 Å². The number of esters is 1. The van der Waals surface area contributed by atoms with Gasteiger partial charge in [-0.2, -0.15) is 15.1 Å². The molecule has 2 aromatic heterocycles. The molecule has 1 fully saturated rings. The summed E-state index contributed by atoms with van der Waals surface area (Å²) in [6.07, 6.45) is 0.201. The van der Waals surface area contributed by atoms with Crippen LogP contribution in [0.5, 0.6) is 5.75 Å². The van der Waals surface area contributed by atoms with Crippen molar-refractivity contribution in [3.05, 3.63) is 36.7 Å². The van der Waals surface area contributed by atoms with Gasteiger partial charge in [0, 0.05) is 26.4 Å². The van der Waals surface area contributed by atoms with Gasteiger partial charge < -0.3 is 24.6 Å². The zero-order valence-corrected chi connectivity index (χ0v) is 24.2. The van der Waals surface area contributed by atoms with Crippen LogP contribution in [0, 0.1) is 5.92 Å². The Kier molecular flexibility index (Phi) is 8.64. The van der Waals surface area contributed by atoms with E-state index < -0.39 is 38.4 Å². The van der Waals surface area contributed by atoms with Gasteiger partial charge in [0.2, 0.25) is 11.8 Å². The zero-order chi connectivity index (χ0) is 29.2. The molecule has 1 saturated heterocycles. The van der Waals surface area contributed by atoms with E-state index in [4.69, 9.17) is 24.3 Å². The van der Waals surface area contributed by atoms with E-state index in [0.717, 1.165) is 0 Å². The highest BCUT2D eigenvalue weighted by Gasteiger charge is 2.49. The van der Waals surface area contributed by atoms with E-state index >= 15 is 4.39 Å². The first-order valence-electron chi connectivity index (χ1n) is 12.8. The Hall–Kier alpha value is -3.32. The number of benzene rings is 1. The normalized spacial score (nSPS) is 23.2. The summed E-state index contributed by atoms with van der Waals surface area (Å²) in [4.78, 5) is 27.0. The molecule has 13 nitrogen and oxygen atoms in total. The van der Waals surface area contributed by atoms with Crippen LogP contribution in [0.2, 0.25) is 0 Å². The summed E-state index contributed by atoms with van der Waals surface area (Å²) < 4.78 is 53.6. The maximum Gasteiger partial charge on any atom is 0.459 e. The Balaban J connectivity index is 1.54. The molecule has 1 aromatic carbocycles. The van der Waals surface area contributed by atoms with Gasteiger partial charge in [-0.05, 0) is 32.9 Å². The van der Waals surface area contributed by atoms with Crippen molar-refractivity contribution >= 4 is 36.6 Å². The summed E-state index contributed by atoms with van der Waals surface area (Å²) in [5, 5.41) is 2.55. The van der Waals surface area contributed by atoms with Gasteiger partial charge in [0.1, 0.15) is 24.6 Å². The standard InChI is InChI=1S/C25H35FN7O6P/c1-15(2)37-23(34)17(4)31-40(35,39-18-10-8-7-9-11-18)36-13-25(26)12-16(3)22(38-25)33-14-28-19-20(32(5)6)29-24(27)30-21(19)33/h7-11,14-17,22H,12-13H2,1-6H3,(H,31,35)(H2,27,29,30)/t16-,17+,22+,25-,40-/m0/s1. The fraction of sp³-hybridized carbons (Fsp3) is 0.520. The second kappa shape index (κ2) is 11.7. The number of para-hydroxylation sites is 1. The first-order chi connectivity index (χ1) is 18.8. The Morgan fingerprint density at radius 2 is 2.00 bits per heavy atom. The molecule has 0 saturated carbocycles. The summed E-state index contributed by atoms with van der Waals surface area (Å²) in [5.74, 6) is -2.62. The monoisotopic (exact) mass is 579 g/mol. The number of hydrogen-bond acceptors (Lipinski definition) is 11. The lowest BCUT2D eigenvalue weighted by molar-refractivity contribution is -0.173. The quantitative estimate of drug-likeness (QED) is 0.250. The molecule has 15 heteroatoms. The van der Waals surface area contributed by atoms with Crippen LogP contribution in [0.4, 0.5) is 16.2 Å². The van der Waals surface area contributed by atoms with Crippen molar-refractivity contribution < 1.29 is 32.3 Å². The summed E-state index contributed by atoms with van der Waals surface area (Å²) in [7, 11) is -0.690. The minimum Gasteiger partial charge on any atom is -0.462 e. The minimum absolute atomic E-state index is 0.0358. The molecule has 0 spiro atoms. The van der Waals surface area contributed by atoms with Crippen molar-refractivity contribution in [2.75, 3.05) is 31.3 Å². The number of nitrogen functional groups attached to an aromatic ring is 1. The number of anilines is 2. The number of imidazole rings is 1. The predicted molar refractivity (Wildman–Crippen MR) is 146 cm³/mol. The van der Waals surface area contributed by atoms with Crippen LogP contribution in [-0.4, -0.2) is 64.2 Å². The van der Waals surface area contributed by atoms with Gasteiger partial charge in [0.15, 0.2) is 17.0 Å². The smallest absolute Gasteiger partial charge is 0.459 e. The molecule has 3 heterocycles. The minimum atomic E-state index is -4.29. The van der Waals surface area contributed by atoms with Crippen LogP contribution in [0.3, 0.4) is 0 Å². The third-order valence-electron chi connectivity index (χ3n) is 6.04. The van der Waals surface area contributed by atoms with Crippen LogP contribution in [-0.2, 0) is 23.4 Å². The highest BCUT2D eigenvalue weighted by molar-refractivity contribution is 7.52. The van der Waals surface area contributed by atoms with E-state index in [-0.39, 0.29) is 30.1 Å². The molecule has 1 aliphatic heterocycles. The molecule has 3 aromatic rings. The van der Waals surface area contributed by atoms with Crippen molar-refractivity contribution in [2.45, 2.75) is 58.3 Å². The third-order valence-corrected chi connectivity index (χ3v) is 7.66. The number of fused-ring (bicyclic) bond motifs is 1. The second-order valence-electron chi connectivity index (χ2n) is 10.2. The summed E-state index contributed by atoms with van der Waals surface area (Å²) >= 11 is 0. The molecule has 40 heavy (non-hydrogen) atoms. The van der Waals surface area contributed by atoms with E-state index in [2.05, 4.69) is 20.0 Å². The number of aromatic nitrogens is 4. The van der Waals surface area contributed by atoms with Crippen molar-refractivity contribution in [1.82, 2.24) is 24.6 Å². The fourth-order valence-electron chi connectivity index (χ4n) is 4.32. The van der Waals surface area contributed by atoms with E-state index in [1.54, 1.807) is 74.7 Å². The molecule has 0 aliphatic carbocycles. The zero-order valence-electron chi connectivity index (χ0n) is 23.3. The van der Waals surface area contributed by atoms with Gasteiger partial charge in [-0.25, -0.2) is 13.9 Å². The number of rotatable bonds is 11. The first kappa shape index (κ1) is 29.7. The van der Waals surface area contributed by atoms with E-state index in [1.807, 2.05) is 0 Å². The second-order valence-corrected chi connectivity index (χ2v) is 11.9. The molecule has 0 amide bonds. The van der Waals surface area contributed by atoms with Crippen molar-refractivity contribution in [2.24, 2.45) is 5.92 Å². The average Bonchev–Trinajstić information content (AvgIpc) is 3.42. The van der Waals surface area contributed by atoms with Crippen LogP contribution in [0.15, 0.2) is 36.7 Å². The van der Waals surface area contributed by atoms with Gasteiger partial charge in [0.05, 0.1) is 12.4 Å². The maximum absolute atomic E-state index is 16.1. The molecule has 4 rings (SSSR count). The Labute approximate surface area is 231 Å². The van der Waals surface area contributed by atoms with E-state index in [1.165, 1.54) is 13.3 Å². The first-order valence-corrected chi connectivity index (χ1v) is 14.3. The maximum atomic E-state index is 16.1. The lowest BCUT2D eigenvalue weighted by Gasteiger charge is -2.26. The number of nitrogens with zero attached hydrogens (tertiary/aromatic N) is 5. The Bertz CT molecular complexity index is 1390. The molecule has 3 N–H and O–H groups in total. The van der Waals surface area contributed by atoms with Gasteiger partial charge in [-0.15, -0.1) is 0 Å². The van der Waals surface area contributed by atoms with E-state index in [0.29, 0.717) is 17.0 Å². The highest BCUT2D eigenvalue weighted by atomic mass is 31.2. The fourth-order valence-corrected chi connectivity index (χ4v) is 5.84. The van der Waals surface area contributed by atoms with Gasteiger partial charge in [-0.1, -0.05) is 25.1 Å². The molecule has 218 valence electrons. The number of nitrogens with two attached hydrogens (primary N) is 1. The summed E-state index contributed by atoms with van der Waals surface area (Å²) in [5.41, 5.74) is 6.78. The Morgan fingerprint density at radius 3 is 2.65 bits per heavy atom. The molecule has 1 aliphatic rings. The topological polar surface area (TPSA) is 156 Å². The number of halogens is 1. The van der Waals surface area contributed by atoms with Crippen LogP contribution in [0.25, 0.3) is 11.2 Å². The van der Waals surface area contributed by atoms with Gasteiger partial charge in [-0.3, -0.25) is 13.9 Å². The number of ether oxygens (including phenoxy) is 2. The molecule has 5 atom stereocenters. The molecular weight excluding hydrogens is 544 g/mol. The van der Waals surface area contributed by atoms with Crippen LogP contribution < -0.4 is 20.2 Å². The van der Waals surface area contributed by atoms with Crippen LogP contribution >= 0.6 is 7.75 Å².